The van der Waals surface area contributed by atoms with Gasteiger partial charge in [-0.1, -0.05) is 60.7 Å². The minimum Gasteiger partial charge on any atom is -0.504 e. The highest BCUT2D eigenvalue weighted by Gasteiger charge is 2.19. The van der Waals surface area contributed by atoms with E-state index < -0.39 is 0 Å². The van der Waals surface area contributed by atoms with Crippen molar-refractivity contribution in [3.05, 3.63) is 83.9 Å². The molecule has 254 valence electrons. The standard InChI is InChI=1S/C38H44N2O8/c1-26-22-31-29-10-4-2-8-27(29)24-33(37(31)43)47-16-6-12-35(41)39-14-18-45-20-21-46-19-15-40-36(42)13-7-17-48-34-25-28-9-3-5-11-30(28)32(23-26)38(34)44/h2-5,8-11,24-25,43-44H,1,6-7,12-23H2,(H,39,41)(H,40,42). The van der Waals surface area contributed by atoms with Gasteiger partial charge in [0.05, 0.1) is 39.6 Å². The van der Waals surface area contributed by atoms with Crippen LogP contribution in [0.25, 0.3) is 21.5 Å². The van der Waals surface area contributed by atoms with E-state index in [-0.39, 0.29) is 49.4 Å². The van der Waals surface area contributed by atoms with Crippen LogP contribution in [0.4, 0.5) is 0 Å². The van der Waals surface area contributed by atoms with Crippen molar-refractivity contribution in [1.29, 1.82) is 0 Å². The van der Waals surface area contributed by atoms with Gasteiger partial charge in [-0.05, 0) is 59.4 Å². The van der Waals surface area contributed by atoms with Crippen LogP contribution in [0.2, 0.25) is 0 Å². The number of hydrogen-bond donors (Lipinski definition) is 4. The summed E-state index contributed by atoms with van der Waals surface area (Å²) in [6.45, 7) is 7.10. The third-order valence-electron chi connectivity index (χ3n) is 8.16. The molecule has 48 heavy (non-hydrogen) atoms. The number of amides is 2. The maximum atomic E-state index is 12.3. The van der Waals surface area contributed by atoms with Crippen molar-refractivity contribution in [2.75, 3.05) is 52.7 Å². The molecule has 1 heterocycles. The van der Waals surface area contributed by atoms with Gasteiger partial charge in [-0.3, -0.25) is 9.59 Å². The van der Waals surface area contributed by atoms with Crippen molar-refractivity contribution < 1.29 is 38.7 Å². The molecule has 4 aromatic rings. The molecule has 0 saturated carbocycles. The summed E-state index contributed by atoms with van der Waals surface area (Å²) in [5, 5.41) is 32.0. The topological polar surface area (TPSA) is 136 Å². The lowest BCUT2D eigenvalue weighted by Gasteiger charge is -2.18. The van der Waals surface area contributed by atoms with Crippen LogP contribution in [0.5, 0.6) is 23.0 Å². The summed E-state index contributed by atoms with van der Waals surface area (Å²) in [5.74, 6) is 0.521. The van der Waals surface area contributed by atoms with Gasteiger partial charge in [-0.25, -0.2) is 0 Å². The Morgan fingerprint density at radius 2 is 1.04 bits per heavy atom. The molecule has 4 aromatic carbocycles. The zero-order chi connectivity index (χ0) is 33.7. The molecule has 0 saturated heterocycles. The number of benzene rings is 4. The molecule has 5 rings (SSSR count). The molecule has 4 N–H and O–H groups in total. The van der Waals surface area contributed by atoms with E-state index >= 15 is 0 Å². The van der Waals surface area contributed by atoms with E-state index in [0.29, 0.717) is 87.8 Å². The second-order valence-electron chi connectivity index (χ2n) is 11.8. The molecule has 0 spiro atoms. The molecule has 0 aromatic heterocycles. The minimum atomic E-state index is -0.108. The van der Waals surface area contributed by atoms with Gasteiger partial charge >= 0.3 is 0 Å². The van der Waals surface area contributed by atoms with Crippen molar-refractivity contribution >= 4 is 33.4 Å². The van der Waals surface area contributed by atoms with Crippen LogP contribution in [0.3, 0.4) is 0 Å². The van der Waals surface area contributed by atoms with Crippen LogP contribution in [-0.2, 0) is 31.9 Å². The summed E-state index contributed by atoms with van der Waals surface area (Å²) in [5.41, 5.74) is 2.12. The predicted octanol–water partition coefficient (Wildman–Crippen LogP) is 5.34. The molecule has 4 bridgehead atoms. The summed E-state index contributed by atoms with van der Waals surface area (Å²) in [4.78, 5) is 24.6. The van der Waals surface area contributed by atoms with Crippen molar-refractivity contribution in [3.8, 4) is 23.0 Å². The van der Waals surface area contributed by atoms with Crippen molar-refractivity contribution in [1.82, 2.24) is 10.6 Å². The molecule has 1 aliphatic heterocycles. The number of allylic oxidation sites excluding steroid dienone is 1. The number of nitrogens with one attached hydrogen (secondary N) is 2. The first-order chi connectivity index (χ1) is 23.4. The Morgan fingerprint density at radius 1 is 0.604 bits per heavy atom. The maximum absolute atomic E-state index is 12.3. The average Bonchev–Trinajstić information content (AvgIpc) is 3.08. The summed E-state index contributed by atoms with van der Waals surface area (Å²) in [6, 6.07) is 19.1. The lowest BCUT2D eigenvalue weighted by molar-refractivity contribution is -0.122. The first-order valence-corrected chi connectivity index (χ1v) is 16.5. The largest absolute Gasteiger partial charge is 0.504 e. The van der Waals surface area contributed by atoms with Gasteiger partial charge in [0.1, 0.15) is 0 Å². The Bertz CT molecular complexity index is 1610. The van der Waals surface area contributed by atoms with Crippen molar-refractivity contribution in [2.45, 2.75) is 38.5 Å². The smallest absolute Gasteiger partial charge is 0.220 e. The van der Waals surface area contributed by atoms with Gasteiger partial charge in [-0.2, -0.15) is 0 Å². The highest BCUT2D eigenvalue weighted by Crippen LogP contribution is 2.41. The second-order valence-corrected chi connectivity index (χ2v) is 11.8. The summed E-state index contributed by atoms with van der Waals surface area (Å²) in [6.07, 6.45) is 2.16. The first kappa shape index (κ1) is 34.5. The Morgan fingerprint density at radius 3 is 1.50 bits per heavy atom. The van der Waals surface area contributed by atoms with E-state index in [4.69, 9.17) is 18.9 Å². The van der Waals surface area contributed by atoms with E-state index in [1.54, 1.807) is 0 Å². The molecule has 0 aliphatic carbocycles. The van der Waals surface area contributed by atoms with Gasteiger partial charge < -0.3 is 39.8 Å². The normalized spacial score (nSPS) is 17.2. The Balaban J connectivity index is 1.36. The van der Waals surface area contributed by atoms with E-state index in [1.165, 1.54) is 0 Å². The monoisotopic (exact) mass is 656 g/mol. The highest BCUT2D eigenvalue weighted by atomic mass is 16.5. The van der Waals surface area contributed by atoms with Crippen molar-refractivity contribution in [2.24, 2.45) is 0 Å². The van der Waals surface area contributed by atoms with Gasteiger partial charge in [0.15, 0.2) is 23.0 Å². The number of rotatable bonds is 0. The number of aromatic hydroxyl groups is 2. The summed E-state index contributed by atoms with van der Waals surface area (Å²) < 4.78 is 23.0. The molecule has 0 fully saturated rings. The molecule has 0 unspecified atom stereocenters. The van der Waals surface area contributed by atoms with E-state index in [0.717, 1.165) is 27.1 Å². The quantitative estimate of drug-likeness (QED) is 0.186. The van der Waals surface area contributed by atoms with Crippen LogP contribution in [0.1, 0.15) is 36.8 Å². The van der Waals surface area contributed by atoms with E-state index in [2.05, 4.69) is 17.2 Å². The Kier molecular flexibility index (Phi) is 12.5. The van der Waals surface area contributed by atoms with Gasteiger partial charge in [0.2, 0.25) is 11.8 Å². The summed E-state index contributed by atoms with van der Waals surface area (Å²) in [7, 11) is 0. The number of phenols is 2. The molecular weight excluding hydrogens is 612 g/mol. The van der Waals surface area contributed by atoms with Crippen molar-refractivity contribution in [3.63, 3.8) is 0 Å². The molecule has 1 aliphatic rings. The lowest BCUT2D eigenvalue weighted by Crippen LogP contribution is -2.28. The number of phenolic OH excluding ortho intramolecular Hbond substituents is 2. The first-order valence-electron chi connectivity index (χ1n) is 16.5. The zero-order valence-corrected chi connectivity index (χ0v) is 27.2. The number of carbonyl (C=O) groups is 2. The third-order valence-corrected chi connectivity index (χ3v) is 8.16. The third kappa shape index (κ3) is 9.39. The van der Waals surface area contributed by atoms with Gasteiger partial charge in [0, 0.05) is 37.1 Å². The highest BCUT2D eigenvalue weighted by molar-refractivity contribution is 5.91. The van der Waals surface area contributed by atoms with E-state index in [9.17, 15) is 19.8 Å². The summed E-state index contributed by atoms with van der Waals surface area (Å²) >= 11 is 0. The maximum Gasteiger partial charge on any atom is 0.220 e. The molecule has 10 heteroatoms. The average molecular weight is 657 g/mol. The number of fused-ring (bicyclic) bond motifs is 8. The fourth-order valence-corrected chi connectivity index (χ4v) is 5.76. The lowest BCUT2D eigenvalue weighted by atomic mass is 9.92. The fraction of sp³-hybridized carbons (Fsp3) is 0.368. The number of ether oxygens (including phenoxy) is 4. The van der Waals surface area contributed by atoms with Crippen LogP contribution in [-0.4, -0.2) is 74.8 Å². The van der Waals surface area contributed by atoms with Crippen LogP contribution in [0.15, 0.2) is 72.8 Å². The number of hydrogen-bond acceptors (Lipinski definition) is 8. The van der Waals surface area contributed by atoms with Gasteiger partial charge in [-0.15, -0.1) is 0 Å². The van der Waals surface area contributed by atoms with Crippen LogP contribution >= 0.6 is 0 Å². The fourth-order valence-electron chi connectivity index (χ4n) is 5.76. The molecule has 10 nitrogen and oxygen atoms in total. The van der Waals surface area contributed by atoms with Crippen LogP contribution in [0, 0.1) is 0 Å². The van der Waals surface area contributed by atoms with E-state index in [1.807, 2.05) is 60.7 Å². The SMILES string of the molecule is C=C1Cc2c(O)c(cc3ccccc23)OCCCC(=O)NCCOCCOCCNC(=O)CCCOc2cc3ccccc3c(c2O)C1. The van der Waals surface area contributed by atoms with Crippen LogP contribution < -0.4 is 20.1 Å². The Hall–Kier alpha value is -4.80. The molecule has 0 atom stereocenters. The molecular formula is C38H44N2O8. The Labute approximate surface area is 280 Å². The minimum absolute atomic E-state index is 0.0274. The number of carbonyl (C=O) groups excluding carboxylic acids is 2. The molecule has 2 amide bonds. The zero-order valence-electron chi connectivity index (χ0n) is 27.2. The second kappa shape index (κ2) is 17.4. The predicted molar refractivity (Wildman–Crippen MR) is 185 cm³/mol. The molecule has 0 radical (unpaired) electrons. The van der Waals surface area contributed by atoms with Gasteiger partial charge in [0.25, 0.3) is 0 Å².